The molecule has 35 heavy (non-hydrogen) atoms. The molecule has 8 nitrogen and oxygen atoms in total. The van der Waals surface area contributed by atoms with Gasteiger partial charge in [-0.2, -0.15) is 0 Å². The van der Waals surface area contributed by atoms with Gasteiger partial charge in [0.15, 0.2) is 0 Å². The number of benzene rings is 1. The minimum absolute atomic E-state index is 0.105. The van der Waals surface area contributed by atoms with Crippen molar-refractivity contribution in [3.8, 4) is 0 Å². The topological polar surface area (TPSA) is 94.8 Å². The summed E-state index contributed by atoms with van der Waals surface area (Å²) in [7, 11) is 0. The number of nitrogens with one attached hydrogen (secondary N) is 1. The maximum atomic E-state index is 13.3. The smallest absolute Gasteiger partial charge is 0.313 e. The van der Waals surface area contributed by atoms with Crippen molar-refractivity contribution in [1.82, 2.24) is 14.8 Å². The molecule has 2 aromatic rings. The first-order valence-corrected chi connectivity index (χ1v) is 12.8. The van der Waals surface area contributed by atoms with E-state index < -0.39 is 11.8 Å². The van der Waals surface area contributed by atoms with Crippen molar-refractivity contribution < 1.29 is 9.59 Å². The largest absolute Gasteiger partial charge is 0.383 e. The number of hydrogen-bond donors (Lipinski definition) is 2. The van der Waals surface area contributed by atoms with Crippen LogP contribution in [-0.4, -0.2) is 65.9 Å². The van der Waals surface area contributed by atoms with Crippen molar-refractivity contribution in [1.29, 1.82) is 0 Å². The molecule has 3 heterocycles. The minimum Gasteiger partial charge on any atom is -0.383 e. The Balaban J connectivity index is 1.46. The van der Waals surface area contributed by atoms with Crippen LogP contribution in [0.2, 0.25) is 0 Å². The summed E-state index contributed by atoms with van der Waals surface area (Å²) in [5.74, 6) is -0.348. The monoisotopic (exact) mass is 478 g/mol. The summed E-state index contributed by atoms with van der Waals surface area (Å²) in [6.07, 6.45) is 4.07. The number of pyridine rings is 1. The van der Waals surface area contributed by atoms with E-state index in [-0.39, 0.29) is 6.04 Å². The Morgan fingerprint density at radius 2 is 1.80 bits per heavy atom. The third-order valence-corrected chi connectivity index (χ3v) is 7.38. The van der Waals surface area contributed by atoms with E-state index in [1.165, 1.54) is 11.9 Å². The Bertz CT molecular complexity index is 1030. The Morgan fingerprint density at radius 3 is 2.46 bits per heavy atom. The van der Waals surface area contributed by atoms with Gasteiger partial charge in [-0.05, 0) is 61.1 Å². The first-order valence-electron chi connectivity index (χ1n) is 12.8. The highest BCUT2D eigenvalue weighted by Gasteiger charge is 2.34. The maximum Gasteiger partial charge on any atom is 0.313 e. The first kappa shape index (κ1) is 25.0. The van der Waals surface area contributed by atoms with Crippen LogP contribution in [0.25, 0.3) is 0 Å². The van der Waals surface area contributed by atoms with E-state index in [2.05, 4.69) is 58.2 Å². The molecule has 0 saturated carbocycles. The summed E-state index contributed by atoms with van der Waals surface area (Å²) in [6.45, 7) is 12.2. The molecule has 8 heteroatoms. The minimum atomic E-state index is -0.636. The van der Waals surface area contributed by atoms with Crippen LogP contribution in [0.1, 0.15) is 50.8 Å². The van der Waals surface area contributed by atoms with Crippen LogP contribution in [0.15, 0.2) is 36.5 Å². The number of carbonyl (C=O) groups is 2. The quantitative estimate of drug-likeness (QED) is 0.641. The van der Waals surface area contributed by atoms with Crippen LogP contribution < -0.4 is 16.0 Å². The summed E-state index contributed by atoms with van der Waals surface area (Å²) >= 11 is 0. The highest BCUT2D eigenvalue weighted by Crippen LogP contribution is 2.34. The highest BCUT2D eigenvalue weighted by atomic mass is 16.2. The number of likely N-dealkylation sites (tertiary alicyclic amines) is 1. The number of likely N-dealkylation sites (N-methyl/N-ethyl adjacent to an activating group) is 1. The molecule has 2 aliphatic rings. The van der Waals surface area contributed by atoms with E-state index in [1.54, 1.807) is 11.0 Å². The van der Waals surface area contributed by atoms with E-state index in [0.29, 0.717) is 30.4 Å². The Hall–Kier alpha value is -3.13. The van der Waals surface area contributed by atoms with Gasteiger partial charge in [0.05, 0.1) is 17.9 Å². The van der Waals surface area contributed by atoms with Crippen molar-refractivity contribution in [2.24, 2.45) is 5.92 Å². The van der Waals surface area contributed by atoms with Crippen LogP contribution in [0.4, 0.5) is 17.2 Å². The Morgan fingerprint density at radius 1 is 1.09 bits per heavy atom. The van der Waals surface area contributed by atoms with E-state index >= 15 is 0 Å². The molecule has 2 aliphatic heterocycles. The number of aryl methyl sites for hydroxylation is 1. The second-order valence-electron chi connectivity index (χ2n) is 9.74. The second kappa shape index (κ2) is 11.1. The lowest BCUT2D eigenvalue weighted by Crippen LogP contribution is -2.46. The van der Waals surface area contributed by atoms with Crippen LogP contribution in [0.5, 0.6) is 0 Å². The fourth-order valence-electron chi connectivity index (χ4n) is 5.14. The molecule has 0 aliphatic carbocycles. The fourth-order valence-corrected chi connectivity index (χ4v) is 5.14. The average molecular weight is 479 g/mol. The van der Waals surface area contributed by atoms with Gasteiger partial charge in [-0.3, -0.25) is 9.59 Å². The third-order valence-electron chi connectivity index (χ3n) is 7.38. The van der Waals surface area contributed by atoms with Gasteiger partial charge in [-0.1, -0.05) is 32.9 Å². The number of anilines is 3. The number of amides is 2. The van der Waals surface area contributed by atoms with Gasteiger partial charge in [-0.15, -0.1) is 0 Å². The van der Waals surface area contributed by atoms with Crippen LogP contribution in [0.3, 0.4) is 0 Å². The van der Waals surface area contributed by atoms with Gasteiger partial charge in [0, 0.05) is 38.4 Å². The number of nitrogens with two attached hydrogens (primary N) is 1. The zero-order valence-corrected chi connectivity index (χ0v) is 21.2. The normalized spacial score (nSPS) is 21.1. The summed E-state index contributed by atoms with van der Waals surface area (Å²) < 4.78 is 0. The number of rotatable bonds is 5. The molecular formula is C27H38N6O2. The van der Waals surface area contributed by atoms with E-state index in [1.807, 2.05) is 6.92 Å². The Labute approximate surface area is 208 Å². The average Bonchev–Trinajstić information content (AvgIpc) is 2.89. The van der Waals surface area contributed by atoms with Gasteiger partial charge in [0.25, 0.3) is 0 Å². The van der Waals surface area contributed by atoms with Crippen molar-refractivity contribution in [3.63, 3.8) is 0 Å². The van der Waals surface area contributed by atoms with Gasteiger partial charge < -0.3 is 25.8 Å². The zero-order chi connectivity index (χ0) is 24.9. The van der Waals surface area contributed by atoms with Crippen LogP contribution in [0, 0.1) is 5.92 Å². The molecule has 2 atom stereocenters. The van der Waals surface area contributed by atoms with Crippen molar-refractivity contribution in [2.75, 3.05) is 55.2 Å². The van der Waals surface area contributed by atoms with Crippen molar-refractivity contribution in [2.45, 2.75) is 46.1 Å². The molecule has 4 rings (SSSR count). The van der Waals surface area contributed by atoms with E-state index in [0.717, 1.165) is 56.7 Å². The molecule has 2 fully saturated rings. The van der Waals surface area contributed by atoms with Gasteiger partial charge in [0.1, 0.15) is 5.82 Å². The molecule has 1 aromatic heterocycles. The van der Waals surface area contributed by atoms with E-state index in [4.69, 9.17) is 5.73 Å². The lowest BCUT2D eigenvalue weighted by molar-refractivity contribution is -0.146. The zero-order valence-electron chi connectivity index (χ0n) is 21.2. The molecule has 3 N–H and O–H groups in total. The summed E-state index contributed by atoms with van der Waals surface area (Å²) in [5.41, 5.74) is 9.50. The molecular weight excluding hydrogens is 440 g/mol. The standard InChI is InChI=1S/C27H38N6O2/c1-4-20-16-22(17-29-25(20)28)30-26(34)27(35)33-18-19(3)6-11-24(33)21-7-9-23(10-8-21)32-14-12-31(5-2)13-15-32/h7-10,16-17,19,24H,4-6,11-15,18H2,1-3H3,(H2,28,29)(H,30,34)/t19-,24+/m1/s1. The highest BCUT2D eigenvalue weighted by molar-refractivity contribution is 6.39. The first-order chi connectivity index (χ1) is 16.9. The SMILES string of the molecule is CCc1cc(NC(=O)C(=O)N2C[C@H](C)CC[C@H]2c2ccc(N3CCN(CC)CC3)cc2)cnc1N. The molecule has 0 unspecified atom stereocenters. The molecule has 188 valence electrons. The van der Waals surface area contributed by atoms with Crippen molar-refractivity contribution >= 4 is 29.0 Å². The lowest BCUT2D eigenvalue weighted by Gasteiger charge is -2.39. The molecule has 2 amide bonds. The fraction of sp³-hybridized carbons (Fsp3) is 0.519. The second-order valence-corrected chi connectivity index (χ2v) is 9.74. The Kier molecular flexibility index (Phi) is 7.90. The molecule has 0 bridgehead atoms. The van der Waals surface area contributed by atoms with Crippen LogP contribution >= 0.6 is 0 Å². The summed E-state index contributed by atoms with van der Waals surface area (Å²) in [4.78, 5) is 37.0. The lowest BCUT2D eigenvalue weighted by atomic mass is 9.89. The molecule has 1 aromatic carbocycles. The van der Waals surface area contributed by atoms with Crippen molar-refractivity contribution in [3.05, 3.63) is 47.7 Å². The number of nitrogens with zero attached hydrogens (tertiary/aromatic N) is 4. The predicted molar refractivity (Wildman–Crippen MR) is 140 cm³/mol. The number of piperidine rings is 1. The molecule has 2 saturated heterocycles. The molecule has 0 spiro atoms. The number of piperazine rings is 1. The number of aromatic nitrogens is 1. The maximum absolute atomic E-state index is 13.3. The van der Waals surface area contributed by atoms with Gasteiger partial charge >= 0.3 is 11.8 Å². The number of nitrogen functional groups attached to an aromatic ring is 1. The predicted octanol–water partition coefficient (Wildman–Crippen LogP) is 3.31. The third kappa shape index (κ3) is 5.75. The number of carbonyl (C=O) groups excluding carboxylic acids is 2. The number of hydrogen-bond acceptors (Lipinski definition) is 6. The summed E-state index contributed by atoms with van der Waals surface area (Å²) in [5, 5.41) is 2.73. The van der Waals surface area contributed by atoms with Gasteiger partial charge in [-0.25, -0.2) is 4.98 Å². The van der Waals surface area contributed by atoms with Gasteiger partial charge in [0.2, 0.25) is 0 Å². The van der Waals surface area contributed by atoms with E-state index in [9.17, 15) is 9.59 Å². The summed E-state index contributed by atoms with van der Waals surface area (Å²) in [6, 6.07) is 10.2. The molecule has 0 radical (unpaired) electrons. The van der Waals surface area contributed by atoms with Crippen LogP contribution in [-0.2, 0) is 16.0 Å².